The number of quaternary nitrogens is 1. The molecule has 1 aliphatic heterocycles. The molecular weight excluding hydrogens is 600 g/mol. The minimum absolute atomic E-state index is 0.0132. The number of aromatic nitrogens is 4. The van der Waals surface area contributed by atoms with E-state index in [1.165, 1.54) is 0 Å². The van der Waals surface area contributed by atoms with Crippen LogP contribution in [0.2, 0.25) is 0 Å². The number of H-pyrrole nitrogens is 4. The number of rotatable bonds is 11. The van der Waals surface area contributed by atoms with Gasteiger partial charge in [-0.1, -0.05) is 25.3 Å². The average molecular weight is 650 g/mol. The normalized spacial score (nSPS) is 12.8. The second kappa shape index (κ2) is 13.6. The number of carboxylic acid groups (broad SMARTS) is 1. The van der Waals surface area contributed by atoms with E-state index in [1.807, 2.05) is 19.1 Å². The van der Waals surface area contributed by atoms with Crippen molar-refractivity contribution in [3.05, 3.63) is 103 Å². The van der Waals surface area contributed by atoms with Crippen LogP contribution in [0.5, 0.6) is 0 Å². The van der Waals surface area contributed by atoms with Crippen molar-refractivity contribution in [3.8, 4) is 0 Å². The Balaban J connectivity index is 1.85. The number of hydrogen-bond acceptors (Lipinski definition) is 2. The molecule has 0 saturated carbocycles. The summed E-state index contributed by atoms with van der Waals surface area (Å²) >= 11 is 0. The second-order valence-electron chi connectivity index (χ2n) is 13.9. The fourth-order valence-corrected chi connectivity index (χ4v) is 6.62. The number of carbonyl (C=O) groups excluding carboxylic acids is 1. The van der Waals surface area contributed by atoms with Crippen molar-refractivity contribution in [2.45, 2.75) is 53.4 Å². The lowest BCUT2D eigenvalue weighted by molar-refractivity contribution is -0.869. The van der Waals surface area contributed by atoms with Gasteiger partial charge in [0.05, 0.1) is 45.3 Å². The first-order valence-corrected chi connectivity index (χ1v) is 16.5. The van der Waals surface area contributed by atoms with Gasteiger partial charge >= 0.3 is 5.97 Å². The Labute approximate surface area is 281 Å². The summed E-state index contributed by atoms with van der Waals surface area (Å²) in [6.45, 7) is 18.0. The molecule has 4 aromatic heterocycles. The summed E-state index contributed by atoms with van der Waals surface area (Å²) in [6.07, 6.45) is 8.94. The summed E-state index contributed by atoms with van der Waals surface area (Å²) in [6, 6.07) is 4.21. The Morgan fingerprint density at radius 3 is 2.17 bits per heavy atom. The van der Waals surface area contributed by atoms with Gasteiger partial charge in [-0.2, -0.15) is 0 Å². The standard InChI is InChI=1S/C39H48N6O3/c1-10-28-24(5)33-21-32-22(3)18-26(41-32)20-27-19-23(4)36(42-27)30(13-15-35(47)48)39-29(11-2)25(6)37(44-39)31(38(28)43-33)12-14-34(46)40-16-17-45(7,8)9/h10-11,18-21,41-44H,1-2,12-17H2,3-9H3,(H-,40,46,47,48)/p+1. The van der Waals surface area contributed by atoms with Gasteiger partial charge in [0.2, 0.25) is 5.91 Å². The van der Waals surface area contributed by atoms with Gasteiger partial charge in [0.25, 0.3) is 0 Å². The highest BCUT2D eigenvalue weighted by Gasteiger charge is 2.21. The third-order valence-electron chi connectivity index (χ3n) is 9.26. The molecule has 48 heavy (non-hydrogen) atoms. The van der Waals surface area contributed by atoms with E-state index < -0.39 is 5.97 Å². The highest BCUT2D eigenvalue weighted by atomic mass is 16.4. The Bertz CT molecular complexity index is 2170. The molecule has 0 atom stereocenters. The lowest BCUT2D eigenvalue weighted by atomic mass is 9.98. The smallest absolute Gasteiger partial charge is 0.303 e. The topological polar surface area (TPSA) is 130 Å². The maximum atomic E-state index is 13.2. The minimum Gasteiger partial charge on any atom is -0.481 e. The Kier molecular flexibility index (Phi) is 9.73. The highest BCUT2D eigenvalue weighted by Crippen LogP contribution is 2.28. The van der Waals surface area contributed by atoms with Gasteiger partial charge in [0.15, 0.2) is 0 Å². The van der Waals surface area contributed by atoms with Crippen LogP contribution in [0.1, 0.15) is 81.8 Å². The lowest BCUT2D eigenvalue weighted by Crippen LogP contribution is -2.41. The van der Waals surface area contributed by atoms with E-state index in [9.17, 15) is 14.7 Å². The highest BCUT2D eigenvalue weighted by molar-refractivity contribution is 5.82. The summed E-state index contributed by atoms with van der Waals surface area (Å²) in [5.41, 5.74) is 11.5. The number of carbonyl (C=O) groups is 2. The predicted octanol–water partition coefficient (Wildman–Crippen LogP) is 3.36. The van der Waals surface area contributed by atoms with E-state index in [0.29, 0.717) is 25.8 Å². The summed E-state index contributed by atoms with van der Waals surface area (Å²) in [4.78, 5) is 39.7. The quantitative estimate of drug-likeness (QED) is 0.140. The Morgan fingerprint density at radius 1 is 0.812 bits per heavy atom. The van der Waals surface area contributed by atoms with Crippen LogP contribution in [0, 0.1) is 27.7 Å². The third kappa shape index (κ3) is 7.11. The molecule has 0 saturated heterocycles. The number of nitrogens with zero attached hydrogens (tertiary/aromatic N) is 1. The molecule has 252 valence electrons. The molecule has 1 aliphatic rings. The fourth-order valence-electron chi connectivity index (χ4n) is 6.62. The van der Waals surface area contributed by atoms with Crippen molar-refractivity contribution < 1.29 is 19.2 Å². The van der Waals surface area contributed by atoms with Gasteiger partial charge < -0.3 is 34.8 Å². The predicted molar refractivity (Wildman–Crippen MR) is 195 cm³/mol. The largest absolute Gasteiger partial charge is 0.481 e. The van der Waals surface area contributed by atoms with Crippen molar-refractivity contribution in [1.29, 1.82) is 0 Å². The molecular formula is C39H49N6O3+. The minimum atomic E-state index is -0.867. The van der Waals surface area contributed by atoms with Gasteiger partial charge in [0, 0.05) is 68.2 Å². The van der Waals surface area contributed by atoms with Crippen LogP contribution < -0.4 is 26.7 Å². The zero-order chi connectivity index (χ0) is 34.9. The number of fused-ring (bicyclic) bond motifs is 8. The number of carboxylic acids is 1. The average Bonchev–Trinajstić information content (AvgIpc) is 3.72. The maximum absolute atomic E-state index is 13.2. The van der Waals surface area contributed by atoms with Gasteiger partial charge in [0.1, 0.15) is 0 Å². The van der Waals surface area contributed by atoms with Crippen LogP contribution in [0.4, 0.5) is 0 Å². The molecule has 4 aromatic rings. The number of aryl methyl sites for hydroxylation is 2. The number of nitrogens with one attached hydrogen (secondary N) is 5. The van der Waals surface area contributed by atoms with Crippen LogP contribution >= 0.6 is 0 Å². The van der Waals surface area contributed by atoms with Crippen LogP contribution in [0.15, 0.2) is 25.3 Å². The van der Waals surface area contributed by atoms with E-state index in [-0.39, 0.29) is 12.3 Å². The molecule has 8 bridgehead atoms. The molecule has 1 amide bonds. The molecule has 0 radical (unpaired) electrons. The Morgan fingerprint density at radius 2 is 1.50 bits per heavy atom. The summed E-state index contributed by atoms with van der Waals surface area (Å²) in [5.74, 6) is -0.880. The molecule has 0 fully saturated rings. The van der Waals surface area contributed by atoms with Crippen molar-refractivity contribution in [2.75, 3.05) is 34.2 Å². The Hall–Kier alpha value is -5.02. The van der Waals surface area contributed by atoms with Gasteiger partial charge in [-0.3, -0.25) is 9.59 Å². The first-order chi connectivity index (χ1) is 22.7. The number of hydrogen-bond donors (Lipinski definition) is 6. The molecule has 9 heteroatoms. The van der Waals surface area contributed by atoms with Gasteiger partial charge in [-0.25, -0.2) is 0 Å². The molecule has 0 spiro atoms. The van der Waals surface area contributed by atoms with E-state index in [1.54, 1.807) is 0 Å². The number of amides is 1. The fraction of sp³-hybridized carbons (Fsp3) is 0.333. The zero-order valence-electron chi connectivity index (χ0n) is 29.3. The van der Waals surface area contributed by atoms with Gasteiger partial charge in [-0.15, -0.1) is 0 Å². The third-order valence-corrected chi connectivity index (χ3v) is 9.26. The van der Waals surface area contributed by atoms with Crippen molar-refractivity contribution in [1.82, 2.24) is 25.3 Å². The van der Waals surface area contributed by atoms with E-state index in [2.05, 4.69) is 105 Å². The van der Waals surface area contributed by atoms with Crippen LogP contribution in [0.3, 0.4) is 0 Å². The van der Waals surface area contributed by atoms with E-state index in [4.69, 9.17) is 0 Å². The van der Waals surface area contributed by atoms with Crippen molar-refractivity contribution in [3.63, 3.8) is 0 Å². The van der Waals surface area contributed by atoms with Crippen molar-refractivity contribution in [2.24, 2.45) is 0 Å². The summed E-state index contributed by atoms with van der Waals surface area (Å²) < 4.78 is 0.762. The van der Waals surface area contributed by atoms with Crippen LogP contribution in [-0.2, 0) is 9.59 Å². The molecule has 0 aliphatic carbocycles. The van der Waals surface area contributed by atoms with Gasteiger partial charge in [-0.05, 0) is 87.1 Å². The summed E-state index contributed by atoms with van der Waals surface area (Å²) in [7, 11) is 6.31. The molecule has 5 rings (SSSR count). The number of aliphatic carboxylic acids is 1. The first kappa shape index (κ1) is 34.3. The monoisotopic (exact) mass is 649 g/mol. The second-order valence-corrected chi connectivity index (χ2v) is 13.9. The van der Waals surface area contributed by atoms with E-state index in [0.717, 1.165) is 99.7 Å². The molecule has 0 unspecified atom stereocenters. The molecule has 5 heterocycles. The number of aromatic amines is 4. The van der Waals surface area contributed by atoms with Crippen LogP contribution in [-0.4, -0.2) is 75.6 Å². The molecule has 9 nitrogen and oxygen atoms in total. The van der Waals surface area contributed by atoms with Crippen molar-refractivity contribution >= 4 is 47.3 Å². The zero-order valence-corrected chi connectivity index (χ0v) is 29.3. The summed E-state index contributed by atoms with van der Waals surface area (Å²) in [5, 5.41) is 16.5. The maximum Gasteiger partial charge on any atom is 0.303 e. The molecule has 0 aromatic carbocycles. The molecule has 6 N–H and O–H groups in total. The SMILES string of the molecule is C=Cc1c2[nH]c(c1C)C=c1[nH]c(cc1C)=Cc1cc(C)c([nH]1)C(CCC(=O)O)=c1[nH]c(c(C)c1C=C)=C2CCC(=O)NCC[N+](C)(C)C. The first-order valence-electron chi connectivity index (χ1n) is 16.5. The lowest BCUT2D eigenvalue weighted by Gasteiger charge is -2.23. The number of likely N-dealkylation sites (N-methyl/N-ethyl adjacent to an activating group) is 1. The van der Waals surface area contributed by atoms with E-state index >= 15 is 0 Å². The van der Waals surface area contributed by atoms with Crippen LogP contribution in [0.25, 0.3) is 35.5 Å².